The molecule has 1 aromatic carbocycles. The molecular formula is C18H27N3O5. The van der Waals surface area contributed by atoms with Gasteiger partial charge in [0.05, 0.1) is 0 Å². The van der Waals surface area contributed by atoms with Crippen LogP contribution in [0.15, 0.2) is 29.3 Å². The molecule has 0 aliphatic carbocycles. The van der Waals surface area contributed by atoms with Gasteiger partial charge in [0, 0.05) is 5.56 Å². The Balaban J connectivity index is 3.68. The number of aliphatic imine (C=N–C) groups is 1. The molecule has 8 nitrogen and oxygen atoms in total. The lowest BCUT2D eigenvalue weighted by molar-refractivity contribution is -0.177. The summed E-state index contributed by atoms with van der Waals surface area (Å²) in [6.45, 7) is 9.90. The van der Waals surface area contributed by atoms with E-state index in [4.69, 9.17) is 20.9 Å². The van der Waals surface area contributed by atoms with Gasteiger partial charge in [0.1, 0.15) is 17.0 Å². The van der Waals surface area contributed by atoms with Crippen molar-refractivity contribution in [2.75, 3.05) is 0 Å². The van der Waals surface area contributed by atoms with Gasteiger partial charge in [-0.1, -0.05) is 12.1 Å². The largest absolute Gasteiger partial charge is 0.508 e. The Morgan fingerprint density at radius 1 is 0.885 bits per heavy atom. The van der Waals surface area contributed by atoms with Gasteiger partial charge in [-0.15, -0.1) is 0 Å². The first-order valence-corrected chi connectivity index (χ1v) is 8.04. The number of rotatable bonds is 4. The minimum absolute atomic E-state index is 0.0549. The van der Waals surface area contributed by atoms with E-state index in [2.05, 4.69) is 4.99 Å². The number of phenols is 1. The second kappa shape index (κ2) is 7.23. The first-order chi connectivity index (χ1) is 11.7. The molecule has 0 saturated heterocycles. The molecule has 0 spiro atoms. The number of hydrogen-bond donors (Lipinski definition) is 3. The summed E-state index contributed by atoms with van der Waals surface area (Å²) in [6, 6.07) is 5.33. The molecule has 144 valence electrons. The van der Waals surface area contributed by atoms with Gasteiger partial charge in [-0.25, -0.2) is 14.6 Å². The standard InChI is InChI=1S/C18H27N3O5/c1-16(2,3)25-13(23)18(21-15(19)20,14(24)26-17(4,5)6)11-7-9-12(22)10-8-11/h7-10,22H,1-6H3,(H4,19,20,21). The van der Waals surface area contributed by atoms with Gasteiger partial charge in [-0.3, -0.25) is 0 Å². The topological polar surface area (TPSA) is 137 Å². The number of hydrogen-bond acceptors (Lipinski definition) is 6. The van der Waals surface area contributed by atoms with E-state index in [1.54, 1.807) is 41.5 Å². The molecule has 1 aromatic rings. The lowest BCUT2D eigenvalue weighted by atomic mass is 9.89. The van der Waals surface area contributed by atoms with Crippen molar-refractivity contribution in [2.24, 2.45) is 16.5 Å². The third-order valence-corrected chi connectivity index (χ3v) is 2.97. The van der Waals surface area contributed by atoms with Gasteiger partial charge in [-0.05, 0) is 53.7 Å². The van der Waals surface area contributed by atoms with E-state index in [-0.39, 0.29) is 11.3 Å². The molecule has 0 aromatic heterocycles. The summed E-state index contributed by atoms with van der Waals surface area (Å²) < 4.78 is 10.8. The molecule has 0 unspecified atom stereocenters. The van der Waals surface area contributed by atoms with Gasteiger partial charge in [0.15, 0.2) is 5.96 Å². The normalized spacial score (nSPS) is 12.2. The van der Waals surface area contributed by atoms with Crippen molar-refractivity contribution in [3.63, 3.8) is 0 Å². The van der Waals surface area contributed by atoms with Gasteiger partial charge in [0.2, 0.25) is 0 Å². The second-order valence-corrected chi connectivity index (χ2v) is 7.80. The van der Waals surface area contributed by atoms with Crippen LogP contribution in [0.25, 0.3) is 0 Å². The highest BCUT2D eigenvalue weighted by atomic mass is 16.6. The van der Waals surface area contributed by atoms with Crippen LogP contribution in [0.3, 0.4) is 0 Å². The number of nitrogens with two attached hydrogens (primary N) is 2. The minimum atomic E-state index is -2.26. The first kappa shape index (κ1) is 21.3. The Kier molecular flexibility index (Phi) is 5.91. The smallest absolute Gasteiger partial charge is 0.351 e. The fraction of sp³-hybridized carbons (Fsp3) is 0.500. The van der Waals surface area contributed by atoms with Crippen LogP contribution >= 0.6 is 0 Å². The molecule has 0 heterocycles. The number of ether oxygens (including phenoxy) is 2. The van der Waals surface area contributed by atoms with Crippen molar-refractivity contribution in [1.82, 2.24) is 0 Å². The summed E-state index contributed by atoms with van der Waals surface area (Å²) in [7, 11) is 0. The van der Waals surface area contributed by atoms with Crippen molar-refractivity contribution in [3.05, 3.63) is 29.8 Å². The third-order valence-electron chi connectivity index (χ3n) is 2.97. The number of carbonyl (C=O) groups is 2. The van der Waals surface area contributed by atoms with E-state index in [0.717, 1.165) is 0 Å². The lowest BCUT2D eigenvalue weighted by Crippen LogP contribution is -2.50. The molecule has 0 amide bonds. The zero-order valence-corrected chi connectivity index (χ0v) is 16.0. The van der Waals surface area contributed by atoms with Gasteiger partial charge in [-0.2, -0.15) is 0 Å². The average molecular weight is 365 g/mol. The molecule has 0 aliphatic heterocycles. The number of nitrogens with zero attached hydrogens (tertiary/aromatic N) is 1. The molecule has 0 fully saturated rings. The summed E-state index contributed by atoms with van der Waals surface area (Å²) >= 11 is 0. The summed E-state index contributed by atoms with van der Waals surface area (Å²) in [5.41, 5.74) is 7.07. The summed E-state index contributed by atoms with van der Waals surface area (Å²) in [4.78, 5) is 30.0. The highest BCUT2D eigenvalue weighted by Gasteiger charge is 2.53. The third kappa shape index (κ3) is 5.37. The number of aromatic hydroxyl groups is 1. The maximum Gasteiger partial charge on any atom is 0.351 e. The molecule has 0 aliphatic rings. The van der Waals surface area contributed by atoms with Crippen LogP contribution in [-0.4, -0.2) is 34.2 Å². The van der Waals surface area contributed by atoms with Crippen molar-refractivity contribution >= 4 is 17.9 Å². The zero-order chi connectivity index (χ0) is 20.3. The molecule has 0 bridgehead atoms. The molecule has 1 rings (SSSR count). The van der Waals surface area contributed by atoms with Crippen molar-refractivity contribution in [3.8, 4) is 5.75 Å². The van der Waals surface area contributed by atoms with E-state index in [1.807, 2.05) is 0 Å². The van der Waals surface area contributed by atoms with E-state index >= 15 is 0 Å². The number of guanidine groups is 1. The maximum atomic E-state index is 13.0. The zero-order valence-electron chi connectivity index (χ0n) is 16.0. The molecule has 0 atom stereocenters. The van der Waals surface area contributed by atoms with E-state index in [9.17, 15) is 14.7 Å². The van der Waals surface area contributed by atoms with Crippen LogP contribution in [-0.2, 0) is 24.6 Å². The van der Waals surface area contributed by atoms with Crippen LogP contribution in [0.1, 0.15) is 47.1 Å². The molecule has 0 radical (unpaired) electrons. The van der Waals surface area contributed by atoms with Crippen LogP contribution in [0.2, 0.25) is 0 Å². The monoisotopic (exact) mass is 365 g/mol. The van der Waals surface area contributed by atoms with Crippen LogP contribution in [0.5, 0.6) is 5.75 Å². The Morgan fingerprint density at radius 3 is 1.58 bits per heavy atom. The molecule has 8 heteroatoms. The Bertz CT molecular complexity index is 665. The summed E-state index contributed by atoms with van der Waals surface area (Å²) in [6.07, 6.45) is 0. The van der Waals surface area contributed by atoms with Gasteiger partial charge < -0.3 is 26.0 Å². The minimum Gasteiger partial charge on any atom is -0.508 e. The highest BCUT2D eigenvalue weighted by molar-refractivity contribution is 6.08. The fourth-order valence-corrected chi connectivity index (χ4v) is 2.08. The second-order valence-electron chi connectivity index (χ2n) is 7.80. The van der Waals surface area contributed by atoms with Crippen LogP contribution in [0.4, 0.5) is 0 Å². The Labute approximate surface area is 153 Å². The van der Waals surface area contributed by atoms with Crippen LogP contribution < -0.4 is 11.5 Å². The maximum absolute atomic E-state index is 13.0. The quantitative estimate of drug-likeness (QED) is 0.318. The lowest BCUT2D eigenvalue weighted by Gasteiger charge is -2.32. The van der Waals surface area contributed by atoms with E-state index in [0.29, 0.717) is 0 Å². The van der Waals surface area contributed by atoms with E-state index < -0.39 is 34.6 Å². The number of phenolic OH excluding ortho intramolecular Hbond substituents is 1. The molecular weight excluding hydrogens is 338 g/mol. The van der Waals surface area contributed by atoms with Gasteiger partial charge in [0.25, 0.3) is 5.54 Å². The number of carbonyl (C=O) groups excluding carboxylic acids is 2. The van der Waals surface area contributed by atoms with E-state index in [1.165, 1.54) is 24.3 Å². The van der Waals surface area contributed by atoms with Crippen molar-refractivity contribution < 1.29 is 24.2 Å². The van der Waals surface area contributed by atoms with Gasteiger partial charge >= 0.3 is 11.9 Å². The van der Waals surface area contributed by atoms with Crippen molar-refractivity contribution in [1.29, 1.82) is 0 Å². The number of esters is 2. The molecule has 5 N–H and O–H groups in total. The average Bonchev–Trinajstić information content (AvgIpc) is 2.41. The van der Waals surface area contributed by atoms with Crippen molar-refractivity contribution in [2.45, 2.75) is 58.3 Å². The predicted molar refractivity (Wildman–Crippen MR) is 97.3 cm³/mol. The summed E-state index contributed by atoms with van der Waals surface area (Å²) in [5, 5.41) is 9.54. The Hall–Kier alpha value is -2.77. The summed E-state index contributed by atoms with van der Waals surface area (Å²) in [5.74, 6) is -2.52. The number of benzene rings is 1. The molecule has 26 heavy (non-hydrogen) atoms. The predicted octanol–water partition coefficient (Wildman–Crippen LogP) is 1.54. The first-order valence-electron chi connectivity index (χ1n) is 8.04. The molecule has 0 saturated carbocycles. The highest BCUT2D eigenvalue weighted by Crippen LogP contribution is 2.33. The van der Waals surface area contributed by atoms with Crippen LogP contribution in [0, 0.1) is 0 Å². The fourth-order valence-electron chi connectivity index (χ4n) is 2.08. The SMILES string of the molecule is CC(C)(C)OC(=O)C(N=C(N)N)(C(=O)OC(C)(C)C)c1ccc(O)cc1. The Morgan fingerprint density at radius 2 is 1.27 bits per heavy atom.